The molecule has 9 nitrogen and oxygen atoms in total. The summed E-state index contributed by atoms with van der Waals surface area (Å²) in [5.74, 6) is -1.41. The van der Waals surface area contributed by atoms with E-state index in [9.17, 15) is 23.7 Å². The zero-order chi connectivity index (χ0) is 21.8. The van der Waals surface area contributed by atoms with E-state index in [1.54, 1.807) is 16.7 Å². The first kappa shape index (κ1) is 21.0. The molecule has 0 radical (unpaired) electrons. The molecule has 158 valence electrons. The summed E-state index contributed by atoms with van der Waals surface area (Å²) in [6, 6.07) is 8.97. The van der Waals surface area contributed by atoms with E-state index in [1.807, 2.05) is 19.1 Å². The number of methoxy groups -OCH3 is 1. The number of anilines is 1. The zero-order valence-electron chi connectivity index (χ0n) is 16.1. The van der Waals surface area contributed by atoms with Crippen LogP contribution in [0, 0.1) is 10.1 Å². The van der Waals surface area contributed by atoms with Gasteiger partial charge >= 0.3 is 6.61 Å². The molecule has 3 rings (SSSR count). The normalized spacial score (nSPS) is 11.0. The van der Waals surface area contributed by atoms with E-state index in [1.165, 1.54) is 7.11 Å². The molecule has 0 saturated heterocycles. The highest BCUT2D eigenvalue weighted by Gasteiger charge is 2.27. The number of nitro groups is 1. The van der Waals surface area contributed by atoms with Crippen molar-refractivity contribution in [3.8, 4) is 11.5 Å². The van der Waals surface area contributed by atoms with Crippen molar-refractivity contribution in [2.45, 2.75) is 26.5 Å². The molecule has 0 fully saturated rings. The van der Waals surface area contributed by atoms with Crippen molar-refractivity contribution >= 4 is 28.6 Å². The minimum Gasteiger partial charge on any atom is -0.493 e. The highest BCUT2D eigenvalue weighted by atomic mass is 19.3. The Hall–Kier alpha value is -3.76. The van der Waals surface area contributed by atoms with Crippen LogP contribution in [0.1, 0.15) is 23.7 Å². The van der Waals surface area contributed by atoms with Crippen LogP contribution in [0.4, 0.5) is 20.4 Å². The summed E-state index contributed by atoms with van der Waals surface area (Å²) >= 11 is 0. The summed E-state index contributed by atoms with van der Waals surface area (Å²) in [4.78, 5) is 27.8. The topological polar surface area (TPSA) is 109 Å². The summed E-state index contributed by atoms with van der Waals surface area (Å²) < 4.78 is 36.2. The lowest BCUT2D eigenvalue weighted by Gasteiger charge is -2.13. The van der Waals surface area contributed by atoms with E-state index in [-0.39, 0.29) is 17.3 Å². The maximum atomic E-state index is 12.9. The molecular formula is C19H18F2N4O5. The van der Waals surface area contributed by atoms with Crippen LogP contribution in [0.15, 0.2) is 36.4 Å². The number of hydrogen-bond acceptors (Lipinski definition) is 6. The molecule has 1 N–H and O–H groups in total. The number of carbonyl (C=O) groups is 1. The van der Waals surface area contributed by atoms with Gasteiger partial charge < -0.3 is 14.0 Å². The van der Waals surface area contributed by atoms with Gasteiger partial charge in [-0.25, -0.2) is 4.98 Å². The summed E-state index contributed by atoms with van der Waals surface area (Å²) in [7, 11) is 1.17. The SMILES string of the molecule is CCCn1c(NC(=O)c2cc(OC)c(OC(F)F)cc2[N+](=O)[O-])nc2ccccc21. The van der Waals surface area contributed by atoms with Crippen LogP contribution in [0.2, 0.25) is 0 Å². The molecule has 11 heteroatoms. The quantitative estimate of drug-likeness (QED) is 0.432. The Bertz CT molecular complexity index is 1100. The number of nitrogens with zero attached hydrogens (tertiary/aromatic N) is 3. The number of aromatic nitrogens is 2. The van der Waals surface area contributed by atoms with Gasteiger partial charge in [0.25, 0.3) is 11.6 Å². The molecule has 0 unspecified atom stereocenters. The van der Waals surface area contributed by atoms with Crippen molar-refractivity contribution in [1.29, 1.82) is 0 Å². The number of halogens is 2. The molecule has 3 aromatic rings. The molecule has 0 bridgehead atoms. The number of rotatable bonds is 8. The summed E-state index contributed by atoms with van der Waals surface area (Å²) in [5, 5.41) is 14.0. The van der Waals surface area contributed by atoms with Crippen LogP contribution in [-0.2, 0) is 6.54 Å². The van der Waals surface area contributed by atoms with Gasteiger partial charge in [-0.15, -0.1) is 0 Å². The molecule has 0 saturated carbocycles. The van der Waals surface area contributed by atoms with Crippen molar-refractivity contribution in [1.82, 2.24) is 9.55 Å². The predicted octanol–water partition coefficient (Wildman–Crippen LogP) is 4.22. The van der Waals surface area contributed by atoms with Crippen molar-refractivity contribution in [3.05, 3.63) is 52.1 Å². The van der Waals surface area contributed by atoms with E-state index in [4.69, 9.17) is 4.74 Å². The Balaban J connectivity index is 2.04. The molecule has 0 aliphatic rings. The van der Waals surface area contributed by atoms with E-state index in [2.05, 4.69) is 15.0 Å². The Morgan fingerprint density at radius 3 is 2.67 bits per heavy atom. The second-order valence-electron chi connectivity index (χ2n) is 6.19. The third kappa shape index (κ3) is 4.14. The number of hydrogen-bond donors (Lipinski definition) is 1. The van der Waals surface area contributed by atoms with Gasteiger partial charge in [-0.2, -0.15) is 8.78 Å². The van der Waals surface area contributed by atoms with Gasteiger partial charge in [0.1, 0.15) is 5.56 Å². The average molecular weight is 420 g/mol. The van der Waals surface area contributed by atoms with E-state index in [0.29, 0.717) is 12.1 Å². The van der Waals surface area contributed by atoms with Gasteiger partial charge in [0.15, 0.2) is 11.5 Å². The van der Waals surface area contributed by atoms with Crippen LogP contribution in [0.25, 0.3) is 11.0 Å². The minimum absolute atomic E-state index is 0.212. The van der Waals surface area contributed by atoms with Gasteiger partial charge in [0.2, 0.25) is 5.95 Å². The number of fused-ring (bicyclic) bond motifs is 1. The molecule has 0 aliphatic heterocycles. The molecule has 0 aliphatic carbocycles. The molecule has 30 heavy (non-hydrogen) atoms. The second kappa shape index (κ2) is 8.72. The van der Waals surface area contributed by atoms with Gasteiger partial charge in [-0.05, 0) is 18.6 Å². The summed E-state index contributed by atoms with van der Waals surface area (Å²) in [6.07, 6.45) is 0.761. The first-order chi connectivity index (χ1) is 14.3. The molecule has 2 aromatic carbocycles. The average Bonchev–Trinajstić information content (AvgIpc) is 3.04. The minimum atomic E-state index is -3.22. The number of para-hydroxylation sites is 2. The van der Waals surface area contributed by atoms with Crippen molar-refractivity contribution in [2.75, 3.05) is 12.4 Å². The summed E-state index contributed by atoms with van der Waals surface area (Å²) in [5.41, 5.74) is 0.354. The number of amides is 1. The first-order valence-corrected chi connectivity index (χ1v) is 8.93. The van der Waals surface area contributed by atoms with Gasteiger partial charge in [0, 0.05) is 12.6 Å². The fourth-order valence-corrected chi connectivity index (χ4v) is 3.02. The third-order valence-electron chi connectivity index (χ3n) is 4.27. The van der Waals surface area contributed by atoms with Crippen molar-refractivity contribution in [2.24, 2.45) is 0 Å². The van der Waals surface area contributed by atoms with Crippen molar-refractivity contribution in [3.63, 3.8) is 0 Å². The third-order valence-corrected chi connectivity index (χ3v) is 4.27. The lowest BCUT2D eigenvalue weighted by atomic mass is 10.1. The summed E-state index contributed by atoms with van der Waals surface area (Å²) in [6.45, 7) is -0.701. The molecule has 0 atom stereocenters. The fourth-order valence-electron chi connectivity index (χ4n) is 3.02. The van der Waals surface area contributed by atoms with Crippen LogP contribution in [0.3, 0.4) is 0 Å². The van der Waals surface area contributed by atoms with E-state index >= 15 is 0 Å². The number of nitro benzene ring substituents is 1. The van der Waals surface area contributed by atoms with Crippen LogP contribution in [0.5, 0.6) is 11.5 Å². The standard InChI is InChI=1S/C19H18F2N4O5/c1-3-8-24-13-7-5-4-6-12(13)22-19(24)23-17(26)11-9-15(29-2)16(30-18(20)21)10-14(11)25(27)28/h4-7,9-10,18H,3,8H2,1-2H3,(H,22,23,26). The largest absolute Gasteiger partial charge is 0.493 e. The van der Waals surface area contributed by atoms with E-state index in [0.717, 1.165) is 24.1 Å². The smallest absolute Gasteiger partial charge is 0.387 e. The van der Waals surface area contributed by atoms with Gasteiger partial charge in [-0.3, -0.25) is 20.2 Å². The molecule has 1 aromatic heterocycles. The molecule has 1 amide bonds. The van der Waals surface area contributed by atoms with Gasteiger partial charge in [0.05, 0.1) is 29.1 Å². The maximum absolute atomic E-state index is 12.9. The first-order valence-electron chi connectivity index (χ1n) is 8.93. The number of nitrogens with one attached hydrogen (secondary N) is 1. The number of benzene rings is 2. The highest BCUT2D eigenvalue weighted by Crippen LogP contribution is 2.36. The van der Waals surface area contributed by atoms with Gasteiger partial charge in [-0.1, -0.05) is 19.1 Å². The lowest BCUT2D eigenvalue weighted by molar-refractivity contribution is -0.385. The van der Waals surface area contributed by atoms with E-state index < -0.39 is 28.9 Å². The fraction of sp³-hybridized carbons (Fsp3) is 0.263. The van der Waals surface area contributed by atoms with Crippen molar-refractivity contribution < 1.29 is 28.0 Å². The lowest BCUT2D eigenvalue weighted by Crippen LogP contribution is -2.18. The number of imidazole rings is 1. The second-order valence-corrected chi connectivity index (χ2v) is 6.19. The van der Waals surface area contributed by atoms with Crippen LogP contribution < -0.4 is 14.8 Å². The number of ether oxygens (including phenoxy) is 2. The predicted molar refractivity (Wildman–Crippen MR) is 104 cm³/mol. The number of alkyl halides is 2. The Labute approximate surface area is 169 Å². The maximum Gasteiger partial charge on any atom is 0.387 e. The highest BCUT2D eigenvalue weighted by molar-refractivity contribution is 6.07. The molecular weight excluding hydrogens is 402 g/mol. The van der Waals surface area contributed by atoms with Crippen LogP contribution in [-0.4, -0.2) is 34.1 Å². The molecule has 1 heterocycles. The number of aryl methyl sites for hydroxylation is 1. The molecule has 0 spiro atoms. The monoisotopic (exact) mass is 420 g/mol. The van der Waals surface area contributed by atoms with Crippen LogP contribution >= 0.6 is 0 Å². The Morgan fingerprint density at radius 1 is 1.30 bits per heavy atom. The Kier molecular flexibility index (Phi) is 6.09. The zero-order valence-corrected chi connectivity index (χ0v) is 16.1. The number of carbonyl (C=O) groups excluding carboxylic acids is 1. The Morgan fingerprint density at radius 2 is 2.03 bits per heavy atom.